The molecule has 146 valence electrons. The molecule has 3 aromatic carbocycles. The number of rotatable bonds is 4. The summed E-state index contributed by atoms with van der Waals surface area (Å²) in [6, 6.07) is 15.5. The van der Waals surface area contributed by atoms with Crippen molar-refractivity contribution in [3.63, 3.8) is 0 Å². The van der Waals surface area contributed by atoms with Crippen molar-refractivity contribution < 1.29 is 24.5 Å². The van der Waals surface area contributed by atoms with Crippen LogP contribution in [0.5, 0.6) is 11.5 Å². The molecular formula is C22H18N2O5. The predicted molar refractivity (Wildman–Crippen MR) is 109 cm³/mol. The summed E-state index contributed by atoms with van der Waals surface area (Å²) in [6.07, 6.45) is -0.122. The molecule has 0 fully saturated rings. The molecule has 1 aliphatic rings. The van der Waals surface area contributed by atoms with E-state index in [1.165, 1.54) is 7.11 Å². The predicted octanol–water partition coefficient (Wildman–Crippen LogP) is 4.00. The number of hydrogen-bond donors (Lipinski definition) is 4. The van der Waals surface area contributed by atoms with Crippen LogP contribution in [0, 0.1) is 0 Å². The van der Waals surface area contributed by atoms with Crippen LogP contribution in [0.3, 0.4) is 0 Å². The standard InChI is InChI=1S/C22H18N2O5/c1-29-20-11-14(4-7-19(20)25)13-3-5-15-17(10-13)23-16-6-2-12(9-21(26)27)8-18(16)24-22(15)28/h2-8,10-11,23,25H,9H2,1H3,(H,24,28)(H,26,27). The number of carboxylic acids is 1. The van der Waals surface area contributed by atoms with Gasteiger partial charge in [0.15, 0.2) is 11.5 Å². The summed E-state index contributed by atoms with van der Waals surface area (Å²) >= 11 is 0. The van der Waals surface area contributed by atoms with Gasteiger partial charge >= 0.3 is 5.97 Å². The van der Waals surface area contributed by atoms with Gasteiger partial charge in [-0.3, -0.25) is 9.59 Å². The van der Waals surface area contributed by atoms with Crippen LogP contribution in [0.4, 0.5) is 17.1 Å². The van der Waals surface area contributed by atoms with Crippen molar-refractivity contribution in [3.8, 4) is 22.6 Å². The molecule has 7 heteroatoms. The van der Waals surface area contributed by atoms with Gasteiger partial charge < -0.3 is 25.6 Å². The molecule has 0 unspecified atom stereocenters. The van der Waals surface area contributed by atoms with Gasteiger partial charge in [-0.05, 0) is 53.1 Å². The molecule has 1 heterocycles. The van der Waals surface area contributed by atoms with Crippen LogP contribution in [0.2, 0.25) is 0 Å². The largest absolute Gasteiger partial charge is 0.504 e. The zero-order valence-corrected chi connectivity index (χ0v) is 15.5. The number of phenolic OH excluding ortho intramolecular Hbond substituents is 1. The van der Waals surface area contributed by atoms with Gasteiger partial charge in [-0.1, -0.05) is 18.2 Å². The average molecular weight is 390 g/mol. The fourth-order valence-electron chi connectivity index (χ4n) is 3.31. The number of benzene rings is 3. The summed E-state index contributed by atoms with van der Waals surface area (Å²) < 4.78 is 5.17. The maximum Gasteiger partial charge on any atom is 0.307 e. The Kier molecular flexibility index (Phi) is 4.56. The van der Waals surface area contributed by atoms with Gasteiger partial charge in [-0.2, -0.15) is 0 Å². The quantitative estimate of drug-likeness (QED) is 0.536. The summed E-state index contributed by atoms with van der Waals surface area (Å²) in [7, 11) is 1.48. The topological polar surface area (TPSA) is 108 Å². The van der Waals surface area contributed by atoms with Gasteiger partial charge in [-0.25, -0.2) is 0 Å². The molecule has 0 saturated heterocycles. The van der Waals surface area contributed by atoms with E-state index in [-0.39, 0.29) is 18.1 Å². The first kappa shape index (κ1) is 18.4. The molecule has 0 bridgehead atoms. The first-order valence-corrected chi connectivity index (χ1v) is 8.89. The highest BCUT2D eigenvalue weighted by molar-refractivity contribution is 6.12. The number of aliphatic carboxylic acids is 1. The first-order chi connectivity index (χ1) is 13.9. The molecule has 0 atom stereocenters. The lowest BCUT2D eigenvalue weighted by atomic mass is 10.0. The molecule has 0 spiro atoms. The monoisotopic (exact) mass is 390 g/mol. The highest BCUT2D eigenvalue weighted by atomic mass is 16.5. The van der Waals surface area contributed by atoms with Crippen molar-refractivity contribution in [1.82, 2.24) is 0 Å². The van der Waals surface area contributed by atoms with E-state index in [1.807, 2.05) is 12.1 Å². The van der Waals surface area contributed by atoms with E-state index in [9.17, 15) is 14.7 Å². The maximum absolute atomic E-state index is 12.7. The van der Waals surface area contributed by atoms with E-state index in [4.69, 9.17) is 9.84 Å². The lowest BCUT2D eigenvalue weighted by Crippen LogP contribution is -2.11. The number of anilines is 3. The van der Waals surface area contributed by atoms with E-state index in [1.54, 1.807) is 42.5 Å². The fraction of sp³-hybridized carbons (Fsp3) is 0.0909. The fourth-order valence-corrected chi connectivity index (χ4v) is 3.31. The minimum absolute atomic E-state index is 0.0506. The molecule has 0 saturated carbocycles. The van der Waals surface area contributed by atoms with Gasteiger partial charge in [0.1, 0.15) is 0 Å². The van der Waals surface area contributed by atoms with Crippen molar-refractivity contribution in [2.75, 3.05) is 17.7 Å². The van der Waals surface area contributed by atoms with Crippen LogP contribution in [0.25, 0.3) is 11.1 Å². The molecule has 1 aliphatic heterocycles. The van der Waals surface area contributed by atoms with Crippen molar-refractivity contribution >= 4 is 28.9 Å². The van der Waals surface area contributed by atoms with E-state index < -0.39 is 5.97 Å². The normalized spacial score (nSPS) is 12.1. The van der Waals surface area contributed by atoms with Crippen LogP contribution in [0.1, 0.15) is 15.9 Å². The Hall–Kier alpha value is -4.00. The van der Waals surface area contributed by atoms with E-state index in [0.29, 0.717) is 33.9 Å². The maximum atomic E-state index is 12.7. The number of nitrogens with one attached hydrogen (secondary N) is 2. The van der Waals surface area contributed by atoms with Gasteiger partial charge in [-0.15, -0.1) is 0 Å². The number of hydrogen-bond acceptors (Lipinski definition) is 5. The summed E-state index contributed by atoms with van der Waals surface area (Å²) in [5.74, 6) is -0.808. The number of aromatic hydroxyl groups is 1. The summed E-state index contributed by atoms with van der Waals surface area (Å²) in [5.41, 5.74) is 4.55. The number of carbonyl (C=O) groups is 2. The number of phenols is 1. The van der Waals surface area contributed by atoms with Crippen LogP contribution >= 0.6 is 0 Å². The number of methoxy groups -OCH3 is 1. The third kappa shape index (κ3) is 3.58. The Morgan fingerprint density at radius 3 is 2.45 bits per heavy atom. The van der Waals surface area contributed by atoms with Crippen LogP contribution in [-0.4, -0.2) is 29.2 Å². The van der Waals surface area contributed by atoms with E-state index in [2.05, 4.69) is 10.6 Å². The third-order valence-electron chi connectivity index (χ3n) is 4.73. The van der Waals surface area contributed by atoms with Crippen molar-refractivity contribution in [2.45, 2.75) is 6.42 Å². The average Bonchev–Trinajstić information content (AvgIpc) is 2.83. The second kappa shape index (κ2) is 7.20. The van der Waals surface area contributed by atoms with Crippen molar-refractivity contribution in [2.24, 2.45) is 0 Å². The van der Waals surface area contributed by atoms with Gasteiger partial charge in [0, 0.05) is 0 Å². The summed E-state index contributed by atoms with van der Waals surface area (Å²) in [6.45, 7) is 0. The number of carboxylic acid groups (broad SMARTS) is 1. The Balaban J connectivity index is 1.73. The highest BCUT2D eigenvalue weighted by Crippen LogP contribution is 2.37. The Labute approximate surface area is 166 Å². The number of ether oxygens (including phenoxy) is 1. The van der Waals surface area contributed by atoms with Crippen LogP contribution in [-0.2, 0) is 11.2 Å². The molecule has 7 nitrogen and oxygen atoms in total. The van der Waals surface area contributed by atoms with Crippen LogP contribution < -0.4 is 15.4 Å². The third-order valence-corrected chi connectivity index (χ3v) is 4.73. The Morgan fingerprint density at radius 1 is 0.931 bits per heavy atom. The Morgan fingerprint density at radius 2 is 1.69 bits per heavy atom. The van der Waals surface area contributed by atoms with Crippen molar-refractivity contribution in [1.29, 1.82) is 0 Å². The summed E-state index contributed by atoms with van der Waals surface area (Å²) in [5, 5.41) is 24.9. The zero-order valence-electron chi connectivity index (χ0n) is 15.5. The lowest BCUT2D eigenvalue weighted by Gasteiger charge is -2.12. The zero-order chi connectivity index (χ0) is 20.5. The van der Waals surface area contributed by atoms with E-state index >= 15 is 0 Å². The molecule has 3 aromatic rings. The smallest absolute Gasteiger partial charge is 0.307 e. The number of amides is 1. The number of fused-ring (bicyclic) bond motifs is 2. The molecule has 0 aliphatic carbocycles. The molecule has 4 rings (SSSR count). The van der Waals surface area contributed by atoms with Gasteiger partial charge in [0.25, 0.3) is 5.91 Å². The SMILES string of the molecule is COc1cc(-c2ccc3c(c2)Nc2ccc(CC(=O)O)cc2NC3=O)ccc1O. The second-order valence-corrected chi connectivity index (χ2v) is 6.68. The van der Waals surface area contributed by atoms with Gasteiger partial charge in [0.05, 0.1) is 36.2 Å². The van der Waals surface area contributed by atoms with Crippen LogP contribution in [0.15, 0.2) is 54.6 Å². The lowest BCUT2D eigenvalue weighted by molar-refractivity contribution is -0.136. The molecule has 29 heavy (non-hydrogen) atoms. The first-order valence-electron chi connectivity index (χ1n) is 8.89. The Bertz CT molecular complexity index is 1140. The minimum atomic E-state index is -0.935. The molecular weight excluding hydrogens is 372 g/mol. The van der Waals surface area contributed by atoms with Crippen molar-refractivity contribution in [3.05, 3.63) is 65.7 Å². The number of carbonyl (C=O) groups excluding carboxylic acids is 1. The summed E-state index contributed by atoms with van der Waals surface area (Å²) in [4.78, 5) is 23.6. The van der Waals surface area contributed by atoms with E-state index in [0.717, 1.165) is 11.1 Å². The molecule has 1 amide bonds. The van der Waals surface area contributed by atoms with Gasteiger partial charge in [0.2, 0.25) is 0 Å². The molecule has 4 N–H and O–H groups in total. The molecule has 0 aromatic heterocycles. The minimum Gasteiger partial charge on any atom is -0.504 e. The highest BCUT2D eigenvalue weighted by Gasteiger charge is 2.20. The second-order valence-electron chi connectivity index (χ2n) is 6.68. The molecule has 0 radical (unpaired) electrons.